The zero-order valence-corrected chi connectivity index (χ0v) is 13.1. The molecular weight excluding hydrogens is 320 g/mol. The normalized spacial score (nSPS) is 10.3. The summed E-state index contributed by atoms with van der Waals surface area (Å²) in [4.78, 5) is 13.0. The molecule has 2 rings (SSSR count). The summed E-state index contributed by atoms with van der Waals surface area (Å²) in [6.07, 6.45) is 5.25. The smallest absolute Gasteiger partial charge is 0.212 e. The van der Waals surface area contributed by atoms with Crippen LogP contribution < -0.4 is 10.1 Å². The second kappa shape index (κ2) is 7.19. The molecule has 2 aromatic heterocycles. The van der Waals surface area contributed by atoms with Crippen LogP contribution in [0.5, 0.6) is 5.88 Å². The van der Waals surface area contributed by atoms with E-state index in [-0.39, 0.29) is 0 Å². The molecule has 5 nitrogen and oxygen atoms in total. The number of pyridine rings is 1. The van der Waals surface area contributed by atoms with Crippen LogP contribution in [-0.4, -0.2) is 28.6 Å². The maximum absolute atomic E-state index is 5.04. The first-order valence-corrected chi connectivity index (χ1v) is 7.26. The SMILES string of the molecule is CCCNc1nc(Cc2ccc(OC)nc2)ncc1Br. The molecule has 0 atom stereocenters. The molecule has 0 aromatic carbocycles. The van der Waals surface area contributed by atoms with Crippen LogP contribution in [0.3, 0.4) is 0 Å². The monoisotopic (exact) mass is 336 g/mol. The van der Waals surface area contributed by atoms with E-state index in [1.54, 1.807) is 19.5 Å². The molecule has 0 radical (unpaired) electrons. The van der Waals surface area contributed by atoms with Gasteiger partial charge in [0, 0.05) is 31.4 Å². The summed E-state index contributed by atoms with van der Waals surface area (Å²) in [6.45, 7) is 3.01. The number of methoxy groups -OCH3 is 1. The first kappa shape index (κ1) is 14.7. The maximum atomic E-state index is 5.04. The van der Waals surface area contributed by atoms with Gasteiger partial charge in [-0.3, -0.25) is 0 Å². The third-order valence-corrected chi connectivity index (χ3v) is 3.29. The summed E-state index contributed by atoms with van der Waals surface area (Å²) in [5.74, 6) is 2.20. The van der Waals surface area contributed by atoms with Gasteiger partial charge in [-0.05, 0) is 27.9 Å². The topological polar surface area (TPSA) is 59.9 Å². The van der Waals surface area contributed by atoms with Crippen LogP contribution in [0.4, 0.5) is 5.82 Å². The number of rotatable bonds is 6. The molecule has 0 amide bonds. The number of ether oxygens (including phenoxy) is 1. The lowest BCUT2D eigenvalue weighted by Crippen LogP contribution is -2.06. The van der Waals surface area contributed by atoms with Gasteiger partial charge in [0.1, 0.15) is 11.6 Å². The van der Waals surface area contributed by atoms with Crippen molar-refractivity contribution < 1.29 is 4.74 Å². The molecule has 0 unspecified atom stereocenters. The van der Waals surface area contributed by atoms with Crippen LogP contribution in [0.15, 0.2) is 29.0 Å². The fourth-order valence-electron chi connectivity index (χ4n) is 1.68. The number of halogens is 1. The standard InChI is InChI=1S/C14H17BrN4O/c1-3-6-16-14-11(15)9-17-12(19-14)7-10-4-5-13(20-2)18-8-10/h4-5,8-9H,3,6-7H2,1-2H3,(H,16,17,19). The van der Waals surface area contributed by atoms with Gasteiger partial charge in [-0.15, -0.1) is 0 Å². The molecule has 0 saturated heterocycles. The maximum Gasteiger partial charge on any atom is 0.212 e. The first-order valence-electron chi connectivity index (χ1n) is 6.47. The Balaban J connectivity index is 2.11. The molecule has 2 heterocycles. The van der Waals surface area contributed by atoms with Gasteiger partial charge < -0.3 is 10.1 Å². The third kappa shape index (κ3) is 3.90. The number of nitrogens with zero attached hydrogens (tertiary/aromatic N) is 3. The second-order valence-corrected chi connectivity index (χ2v) is 5.15. The van der Waals surface area contributed by atoms with E-state index in [4.69, 9.17) is 4.74 Å². The number of nitrogens with one attached hydrogen (secondary N) is 1. The van der Waals surface area contributed by atoms with Crippen molar-refractivity contribution in [3.05, 3.63) is 40.4 Å². The van der Waals surface area contributed by atoms with Crippen molar-refractivity contribution in [2.45, 2.75) is 19.8 Å². The minimum absolute atomic E-state index is 0.607. The van der Waals surface area contributed by atoms with E-state index in [9.17, 15) is 0 Å². The van der Waals surface area contributed by atoms with Crippen molar-refractivity contribution in [1.29, 1.82) is 0 Å². The van der Waals surface area contributed by atoms with Gasteiger partial charge in [-0.1, -0.05) is 13.0 Å². The Morgan fingerprint density at radius 2 is 2.10 bits per heavy atom. The van der Waals surface area contributed by atoms with Crippen LogP contribution in [0.25, 0.3) is 0 Å². The third-order valence-electron chi connectivity index (χ3n) is 2.71. The van der Waals surface area contributed by atoms with Crippen molar-refractivity contribution in [3.63, 3.8) is 0 Å². The highest BCUT2D eigenvalue weighted by atomic mass is 79.9. The van der Waals surface area contributed by atoms with Gasteiger partial charge in [-0.25, -0.2) is 15.0 Å². The molecular formula is C14H17BrN4O. The zero-order chi connectivity index (χ0) is 14.4. The molecule has 0 spiro atoms. The molecule has 0 aliphatic rings. The van der Waals surface area contributed by atoms with E-state index >= 15 is 0 Å². The van der Waals surface area contributed by atoms with E-state index in [0.29, 0.717) is 12.3 Å². The van der Waals surface area contributed by atoms with E-state index in [0.717, 1.165) is 34.6 Å². The highest BCUT2D eigenvalue weighted by Gasteiger charge is 2.06. The van der Waals surface area contributed by atoms with Crippen molar-refractivity contribution in [1.82, 2.24) is 15.0 Å². The van der Waals surface area contributed by atoms with Crippen LogP contribution >= 0.6 is 15.9 Å². The summed E-state index contributed by atoms with van der Waals surface area (Å²) in [6, 6.07) is 3.81. The van der Waals surface area contributed by atoms with Gasteiger partial charge in [0.15, 0.2) is 0 Å². The molecule has 1 N–H and O–H groups in total. The number of aromatic nitrogens is 3. The summed E-state index contributed by atoms with van der Waals surface area (Å²) in [7, 11) is 1.60. The molecule has 0 fully saturated rings. The molecule has 0 aliphatic heterocycles. The molecule has 106 valence electrons. The van der Waals surface area contributed by atoms with Crippen molar-refractivity contribution in [3.8, 4) is 5.88 Å². The Kier molecular flexibility index (Phi) is 5.29. The Morgan fingerprint density at radius 3 is 2.75 bits per heavy atom. The Hall–Kier alpha value is -1.69. The Labute approximate surface area is 127 Å². The second-order valence-electron chi connectivity index (χ2n) is 4.30. The molecule has 20 heavy (non-hydrogen) atoms. The predicted molar refractivity (Wildman–Crippen MR) is 82.1 cm³/mol. The van der Waals surface area contributed by atoms with Gasteiger partial charge in [0.05, 0.1) is 11.6 Å². The average molecular weight is 337 g/mol. The highest BCUT2D eigenvalue weighted by Crippen LogP contribution is 2.19. The number of hydrogen-bond acceptors (Lipinski definition) is 5. The van der Waals surface area contributed by atoms with Crippen molar-refractivity contribution in [2.24, 2.45) is 0 Å². The van der Waals surface area contributed by atoms with Crippen LogP contribution in [-0.2, 0) is 6.42 Å². The number of anilines is 1. The van der Waals surface area contributed by atoms with E-state index in [2.05, 4.69) is 43.1 Å². The molecule has 0 bridgehead atoms. The minimum Gasteiger partial charge on any atom is -0.481 e. The van der Waals surface area contributed by atoms with Crippen molar-refractivity contribution >= 4 is 21.7 Å². The van der Waals surface area contributed by atoms with E-state index in [1.807, 2.05) is 12.1 Å². The van der Waals surface area contributed by atoms with Gasteiger partial charge in [0.2, 0.25) is 5.88 Å². The Bertz CT molecular complexity index is 560. The lowest BCUT2D eigenvalue weighted by molar-refractivity contribution is 0.397. The van der Waals surface area contributed by atoms with Gasteiger partial charge in [-0.2, -0.15) is 0 Å². The lowest BCUT2D eigenvalue weighted by Gasteiger charge is -2.08. The summed E-state index contributed by atoms with van der Waals surface area (Å²) in [5.41, 5.74) is 1.05. The summed E-state index contributed by atoms with van der Waals surface area (Å²) < 4.78 is 5.92. The quantitative estimate of drug-likeness (QED) is 0.878. The van der Waals surface area contributed by atoms with E-state index in [1.165, 1.54) is 0 Å². The fourth-order valence-corrected chi connectivity index (χ4v) is 2.01. The Morgan fingerprint density at radius 1 is 1.25 bits per heavy atom. The zero-order valence-electron chi connectivity index (χ0n) is 11.6. The highest BCUT2D eigenvalue weighted by molar-refractivity contribution is 9.10. The largest absolute Gasteiger partial charge is 0.481 e. The van der Waals surface area contributed by atoms with Crippen molar-refractivity contribution in [2.75, 3.05) is 19.0 Å². The predicted octanol–water partition coefficient (Wildman–Crippen LogP) is 3.06. The van der Waals surface area contributed by atoms with Gasteiger partial charge in [0.25, 0.3) is 0 Å². The lowest BCUT2D eigenvalue weighted by atomic mass is 10.2. The number of hydrogen-bond donors (Lipinski definition) is 1. The van der Waals surface area contributed by atoms with Crippen LogP contribution in [0.2, 0.25) is 0 Å². The molecule has 2 aromatic rings. The summed E-state index contributed by atoms with van der Waals surface area (Å²) in [5, 5.41) is 3.27. The molecule has 0 aliphatic carbocycles. The summed E-state index contributed by atoms with van der Waals surface area (Å²) >= 11 is 3.45. The minimum atomic E-state index is 0.607. The molecule has 6 heteroatoms. The van der Waals surface area contributed by atoms with Gasteiger partial charge >= 0.3 is 0 Å². The average Bonchev–Trinajstić information content (AvgIpc) is 2.48. The first-order chi connectivity index (χ1) is 9.72. The van der Waals surface area contributed by atoms with Crippen LogP contribution in [0, 0.1) is 0 Å². The van der Waals surface area contributed by atoms with Crippen LogP contribution in [0.1, 0.15) is 24.7 Å². The molecule has 0 saturated carbocycles. The fraction of sp³-hybridized carbons (Fsp3) is 0.357. The van der Waals surface area contributed by atoms with E-state index < -0.39 is 0 Å².